The summed E-state index contributed by atoms with van der Waals surface area (Å²) in [6.07, 6.45) is 4.70. The number of benzene rings is 1. The van der Waals surface area contributed by atoms with Crippen LogP contribution in [-0.2, 0) is 4.79 Å². The van der Waals surface area contributed by atoms with Gasteiger partial charge in [-0.05, 0) is 62.7 Å². The van der Waals surface area contributed by atoms with E-state index < -0.39 is 5.97 Å². The van der Waals surface area contributed by atoms with Crippen molar-refractivity contribution in [3.63, 3.8) is 0 Å². The fourth-order valence-electron chi connectivity index (χ4n) is 2.71. The number of carboxylic acids is 1. The topological polar surface area (TPSA) is 63.8 Å². The highest BCUT2D eigenvalue weighted by molar-refractivity contribution is 5.87. The van der Waals surface area contributed by atoms with Crippen molar-refractivity contribution in [2.75, 3.05) is 0 Å². The van der Waals surface area contributed by atoms with Gasteiger partial charge in [-0.15, -0.1) is 0 Å². The molecule has 0 amide bonds. The molecule has 25 heavy (non-hydrogen) atoms. The minimum Gasteiger partial charge on any atom is -0.491 e. The Kier molecular flexibility index (Phi) is 4.57. The van der Waals surface area contributed by atoms with Gasteiger partial charge in [0.05, 0.1) is 17.5 Å². The van der Waals surface area contributed by atoms with Crippen LogP contribution in [0.4, 0.5) is 0 Å². The van der Waals surface area contributed by atoms with Crippen LogP contribution in [0.1, 0.15) is 25.1 Å². The lowest BCUT2D eigenvalue weighted by atomic mass is 10.1. The first-order valence-corrected chi connectivity index (χ1v) is 8.11. The number of rotatable bonds is 5. The maximum Gasteiger partial charge on any atom is 0.328 e. The van der Waals surface area contributed by atoms with Gasteiger partial charge < -0.3 is 9.84 Å². The molecule has 128 valence electrons. The largest absolute Gasteiger partial charge is 0.491 e. The summed E-state index contributed by atoms with van der Waals surface area (Å²) in [5.74, 6) is -0.199. The van der Waals surface area contributed by atoms with E-state index in [-0.39, 0.29) is 6.10 Å². The number of hydrogen-bond donors (Lipinski definition) is 1. The molecule has 0 aliphatic rings. The quantitative estimate of drug-likeness (QED) is 0.709. The second-order valence-corrected chi connectivity index (χ2v) is 6.09. The molecule has 0 bridgehead atoms. The van der Waals surface area contributed by atoms with Crippen LogP contribution in [0.25, 0.3) is 23.0 Å². The Morgan fingerprint density at radius 2 is 1.96 bits per heavy atom. The lowest BCUT2D eigenvalue weighted by molar-refractivity contribution is -0.131. The minimum absolute atomic E-state index is 0.109. The second kappa shape index (κ2) is 6.81. The standard InChI is InChI=1S/C20H20N2O3/c1-13(2)25-16-8-6-15(7-9-16)19-17(10-11-18(23)24)22-12-4-5-14(3)20(22)21-19/h4-13H,1-3H3,(H,23,24)/b11-10+. The van der Waals surface area contributed by atoms with Gasteiger partial charge in [-0.25, -0.2) is 9.78 Å². The summed E-state index contributed by atoms with van der Waals surface area (Å²) in [7, 11) is 0. The van der Waals surface area contributed by atoms with E-state index in [2.05, 4.69) is 0 Å². The van der Waals surface area contributed by atoms with Crippen molar-refractivity contribution in [1.29, 1.82) is 0 Å². The molecule has 1 N–H and O–H groups in total. The third kappa shape index (κ3) is 3.55. The Balaban J connectivity index is 2.12. The summed E-state index contributed by atoms with van der Waals surface area (Å²) < 4.78 is 7.58. The highest BCUT2D eigenvalue weighted by Crippen LogP contribution is 2.28. The smallest absolute Gasteiger partial charge is 0.328 e. The number of aromatic nitrogens is 2. The van der Waals surface area contributed by atoms with Crippen LogP contribution in [0.3, 0.4) is 0 Å². The Morgan fingerprint density at radius 3 is 2.60 bits per heavy atom. The zero-order chi connectivity index (χ0) is 18.0. The van der Waals surface area contributed by atoms with Gasteiger partial charge in [0, 0.05) is 17.8 Å². The van der Waals surface area contributed by atoms with Crippen molar-refractivity contribution in [2.24, 2.45) is 0 Å². The van der Waals surface area contributed by atoms with Crippen molar-refractivity contribution in [3.05, 3.63) is 59.9 Å². The first-order valence-electron chi connectivity index (χ1n) is 8.11. The molecule has 5 heteroatoms. The predicted octanol–water partition coefficient (Wildman–Crippen LogP) is 4.19. The van der Waals surface area contributed by atoms with Crippen LogP contribution in [0.15, 0.2) is 48.7 Å². The highest BCUT2D eigenvalue weighted by Gasteiger charge is 2.14. The summed E-state index contributed by atoms with van der Waals surface area (Å²) in [5.41, 5.74) is 4.22. The maximum atomic E-state index is 11.0. The Labute approximate surface area is 146 Å². The molecule has 0 spiro atoms. The summed E-state index contributed by atoms with van der Waals surface area (Å²) in [5, 5.41) is 8.99. The highest BCUT2D eigenvalue weighted by atomic mass is 16.5. The van der Waals surface area contributed by atoms with Crippen LogP contribution in [-0.4, -0.2) is 26.6 Å². The molecule has 2 heterocycles. The van der Waals surface area contributed by atoms with E-state index in [4.69, 9.17) is 14.8 Å². The lowest BCUT2D eigenvalue weighted by Crippen LogP contribution is -2.05. The molecule has 0 aliphatic carbocycles. The predicted molar refractivity (Wildman–Crippen MR) is 97.8 cm³/mol. The SMILES string of the molecule is Cc1cccn2c(/C=C/C(=O)O)c(-c3ccc(OC(C)C)cc3)nc12. The maximum absolute atomic E-state index is 11.0. The van der Waals surface area contributed by atoms with Gasteiger partial charge in [0.2, 0.25) is 0 Å². The van der Waals surface area contributed by atoms with Crippen LogP contribution in [0.2, 0.25) is 0 Å². The normalized spacial score (nSPS) is 11.5. The zero-order valence-electron chi connectivity index (χ0n) is 14.4. The van der Waals surface area contributed by atoms with Gasteiger partial charge in [-0.1, -0.05) is 6.07 Å². The number of pyridine rings is 1. The average molecular weight is 336 g/mol. The molecular formula is C20H20N2O3. The van der Waals surface area contributed by atoms with Crippen LogP contribution < -0.4 is 4.74 Å². The number of aliphatic carboxylic acids is 1. The van der Waals surface area contributed by atoms with E-state index in [9.17, 15) is 4.79 Å². The Morgan fingerprint density at radius 1 is 1.24 bits per heavy atom. The van der Waals surface area contributed by atoms with Crippen molar-refractivity contribution >= 4 is 17.7 Å². The molecule has 5 nitrogen and oxygen atoms in total. The van der Waals surface area contributed by atoms with Crippen molar-refractivity contribution in [3.8, 4) is 17.0 Å². The number of ether oxygens (including phenoxy) is 1. The molecule has 0 aliphatic heterocycles. The van der Waals surface area contributed by atoms with Gasteiger partial charge in [-0.3, -0.25) is 4.40 Å². The lowest BCUT2D eigenvalue weighted by Gasteiger charge is -2.09. The van der Waals surface area contributed by atoms with Crippen LogP contribution in [0.5, 0.6) is 5.75 Å². The molecule has 3 aromatic rings. The van der Waals surface area contributed by atoms with E-state index in [0.29, 0.717) is 0 Å². The number of aryl methyl sites for hydroxylation is 1. The molecule has 0 radical (unpaired) electrons. The molecule has 2 aromatic heterocycles. The molecule has 0 saturated heterocycles. The second-order valence-electron chi connectivity index (χ2n) is 6.09. The summed E-state index contributed by atoms with van der Waals surface area (Å²) >= 11 is 0. The Bertz CT molecular complexity index is 937. The molecule has 0 unspecified atom stereocenters. The summed E-state index contributed by atoms with van der Waals surface area (Å²) in [6.45, 7) is 5.94. The van der Waals surface area contributed by atoms with Crippen molar-refractivity contribution in [2.45, 2.75) is 26.9 Å². The number of carbonyl (C=O) groups is 1. The molecule has 0 atom stereocenters. The summed E-state index contributed by atoms with van der Waals surface area (Å²) in [6, 6.07) is 11.6. The molecule has 0 saturated carbocycles. The van der Waals surface area contributed by atoms with Crippen molar-refractivity contribution in [1.82, 2.24) is 9.38 Å². The van der Waals surface area contributed by atoms with Gasteiger partial charge in [0.15, 0.2) is 0 Å². The molecule has 1 aromatic carbocycles. The average Bonchev–Trinajstić information content (AvgIpc) is 2.93. The van der Waals surface area contributed by atoms with Crippen LogP contribution in [0, 0.1) is 6.92 Å². The molecule has 0 fully saturated rings. The van der Waals surface area contributed by atoms with Gasteiger partial charge >= 0.3 is 5.97 Å². The van der Waals surface area contributed by atoms with E-state index >= 15 is 0 Å². The fraction of sp³-hybridized carbons (Fsp3) is 0.200. The number of imidazole rings is 1. The number of hydrogen-bond acceptors (Lipinski definition) is 3. The van der Waals surface area contributed by atoms with E-state index in [1.165, 1.54) is 0 Å². The fourth-order valence-corrected chi connectivity index (χ4v) is 2.71. The van der Waals surface area contributed by atoms with E-state index in [1.807, 2.05) is 67.8 Å². The van der Waals surface area contributed by atoms with Crippen molar-refractivity contribution < 1.29 is 14.6 Å². The first-order chi connectivity index (χ1) is 12.0. The number of carboxylic acid groups (broad SMARTS) is 1. The van der Waals surface area contributed by atoms with Gasteiger partial charge in [0.1, 0.15) is 11.4 Å². The Hall–Kier alpha value is -3.08. The van der Waals surface area contributed by atoms with Gasteiger partial charge in [0.25, 0.3) is 0 Å². The van der Waals surface area contributed by atoms with Gasteiger partial charge in [-0.2, -0.15) is 0 Å². The third-order valence-electron chi connectivity index (χ3n) is 3.77. The minimum atomic E-state index is -0.991. The first kappa shape index (κ1) is 16.8. The zero-order valence-corrected chi connectivity index (χ0v) is 14.4. The van der Waals surface area contributed by atoms with Crippen LogP contribution >= 0.6 is 0 Å². The monoisotopic (exact) mass is 336 g/mol. The molecule has 3 rings (SSSR count). The summed E-state index contributed by atoms with van der Waals surface area (Å²) in [4.78, 5) is 15.7. The molecular weight excluding hydrogens is 316 g/mol. The number of fused-ring (bicyclic) bond motifs is 1. The number of nitrogens with zero attached hydrogens (tertiary/aromatic N) is 2. The third-order valence-corrected chi connectivity index (χ3v) is 3.77. The van der Waals surface area contributed by atoms with E-state index in [1.54, 1.807) is 6.08 Å². The van der Waals surface area contributed by atoms with E-state index in [0.717, 1.165) is 40.0 Å².